The Morgan fingerprint density at radius 2 is 2.11 bits per heavy atom. The number of hydrogen-bond acceptors (Lipinski definition) is 4. The molecule has 0 saturated carbocycles. The Labute approximate surface area is 161 Å². The predicted octanol–water partition coefficient (Wildman–Crippen LogP) is 2.95. The van der Waals surface area contributed by atoms with Crippen LogP contribution in [0.5, 0.6) is 0 Å². The summed E-state index contributed by atoms with van der Waals surface area (Å²) < 4.78 is 0. The number of nitrogens with one attached hydrogen (secondary N) is 1. The van der Waals surface area contributed by atoms with Gasteiger partial charge < -0.3 is 14.8 Å². The van der Waals surface area contributed by atoms with Gasteiger partial charge in [0.05, 0.1) is 17.6 Å². The first kappa shape index (κ1) is 17.7. The number of fused-ring (bicyclic) bond motifs is 2. The second-order valence-corrected chi connectivity index (χ2v) is 7.89. The molecule has 0 spiro atoms. The number of carbonyl (C=O) groups is 2. The summed E-state index contributed by atoms with van der Waals surface area (Å²) in [7, 11) is 1.75. The van der Waals surface area contributed by atoms with Crippen molar-refractivity contribution in [1.29, 1.82) is 0 Å². The molecular weight excluding hydrogens is 360 g/mol. The second kappa shape index (κ2) is 7.52. The number of aromatic nitrogens is 2. The minimum atomic E-state index is -0.0444. The molecule has 3 aromatic rings. The molecule has 1 aliphatic rings. The zero-order valence-corrected chi connectivity index (χ0v) is 16.1. The van der Waals surface area contributed by atoms with Crippen LogP contribution in [0.25, 0.3) is 11.0 Å². The van der Waals surface area contributed by atoms with Gasteiger partial charge in [-0.25, -0.2) is 4.98 Å². The van der Waals surface area contributed by atoms with Gasteiger partial charge in [0, 0.05) is 37.9 Å². The number of nitrogens with zero attached hydrogens (tertiary/aromatic N) is 3. The average Bonchev–Trinajstić information content (AvgIpc) is 3.30. The number of aromatic amines is 1. The van der Waals surface area contributed by atoms with Crippen LogP contribution in [0.4, 0.5) is 0 Å². The van der Waals surface area contributed by atoms with Crippen molar-refractivity contribution in [2.45, 2.75) is 32.4 Å². The maximum absolute atomic E-state index is 12.5. The third-order valence-corrected chi connectivity index (χ3v) is 5.99. The quantitative estimate of drug-likeness (QED) is 0.738. The minimum absolute atomic E-state index is 0.0444. The fourth-order valence-electron chi connectivity index (χ4n) is 3.42. The number of hydrogen-bond donors (Lipinski definition) is 1. The van der Waals surface area contributed by atoms with E-state index < -0.39 is 0 Å². The summed E-state index contributed by atoms with van der Waals surface area (Å²) in [6.07, 6.45) is 1.39. The molecule has 1 N–H and O–H groups in total. The van der Waals surface area contributed by atoms with Crippen molar-refractivity contribution in [3.8, 4) is 0 Å². The Balaban J connectivity index is 1.29. The second-order valence-electron chi connectivity index (χ2n) is 6.88. The van der Waals surface area contributed by atoms with E-state index in [4.69, 9.17) is 0 Å². The Morgan fingerprint density at radius 1 is 1.26 bits per heavy atom. The van der Waals surface area contributed by atoms with Crippen molar-refractivity contribution in [1.82, 2.24) is 19.8 Å². The van der Waals surface area contributed by atoms with Crippen molar-refractivity contribution in [3.63, 3.8) is 0 Å². The summed E-state index contributed by atoms with van der Waals surface area (Å²) in [6, 6.07) is 9.88. The fraction of sp³-hybridized carbons (Fsp3) is 0.350. The zero-order valence-electron chi connectivity index (χ0n) is 15.3. The fourth-order valence-corrected chi connectivity index (χ4v) is 4.31. The van der Waals surface area contributed by atoms with E-state index in [1.54, 1.807) is 23.3 Å². The highest BCUT2D eigenvalue weighted by molar-refractivity contribution is 7.10. The molecule has 0 unspecified atom stereocenters. The number of para-hydroxylation sites is 2. The van der Waals surface area contributed by atoms with Crippen LogP contribution in [0.1, 0.15) is 29.1 Å². The van der Waals surface area contributed by atoms with Crippen LogP contribution in [-0.4, -0.2) is 45.2 Å². The monoisotopic (exact) mass is 382 g/mol. The standard InChI is InChI=1S/C20H22N4O2S/c1-23(13-18-21-15-4-2-3-5-16(15)22-18)19(25)6-7-20(26)24-10-8-17-14(12-24)9-11-27-17/h2-5,9,11H,6-8,10,12-13H2,1H3,(H,21,22). The van der Waals surface area contributed by atoms with E-state index in [-0.39, 0.29) is 24.7 Å². The number of amides is 2. The number of carbonyl (C=O) groups excluding carboxylic acids is 2. The highest BCUT2D eigenvalue weighted by Crippen LogP contribution is 2.24. The van der Waals surface area contributed by atoms with Crippen LogP contribution in [0, 0.1) is 0 Å². The summed E-state index contributed by atoms with van der Waals surface area (Å²) in [6.45, 7) is 1.82. The molecule has 4 rings (SSSR count). The van der Waals surface area contributed by atoms with E-state index in [9.17, 15) is 9.59 Å². The molecule has 0 saturated heterocycles. The van der Waals surface area contributed by atoms with Gasteiger partial charge in [-0.05, 0) is 35.6 Å². The van der Waals surface area contributed by atoms with Crippen LogP contribution in [0.2, 0.25) is 0 Å². The molecule has 1 aromatic carbocycles. The molecule has 27 heavy (non-hydrogen) atoms. The zero-order chi connectivity index (χ0) is 18.8. The summed E-state index contributed by atoms with van der Waals surface area (Å²) in [5.74, 6) is 0.758. The van der Waals surface area contributed by atoms with Crippen molar-refractivity contribution in [2.24, 2.45) is 0 Å². The molecular formula is C20H22N4O2S. The summed E-state index contributed by atoms with van der Waals surface area (Å²) in [5.41, 5.74) is 3.09. The number of imidazole rings is 1. The Bertz CT molecular complexity index is 944. The molecule has 7 heteroatoms. The number of H-pyrrole nitrogens is 1. The van der Waals surface area contributed by atoms with E-state index in [1.807, 2.05) is 29.2 Å². The minimum Gasteiger partial charge on any atom is -0.340 e. The largest absolute Gasteiger partial charge is 0.340 e. The first-order valence-corrected chi connectivity index (χ1v) is 9.99. The van der Waals surface area contributed by atoms with Gasteiger partial charge in [0.15, 0.2) is 0 Å². The molecule has 2 amide bonds. The van der Waals surface area contributed by atoms with Gasteiger partial charge in [0.1, 0.15) is 5.82 Å². The molecule has 0 aliphatic carbocycles. The van der Waals surface area contributed by atoms with Crippen LogP contribution in [-0.2, 0) is 29.1 Å². The van der Waals surface area contributed by atoms with Gasteiger partial charge in [-0.3, -0.25) is 9.59 Å². The highest BCUT2D eigenvalue weighted by Gasteiger charge is 2.22. The summed E-state index contributed by atoms with van der Waals surface area (Å²) in [4.78, 5) is 37.5. The molecule has 6 nitrogen and oxygen atoms in total. The van der Waals surface area contributed by atoms with Crippen molar-refractivity contribution in [3.05, 3.63) is 52.0 Å². The SMILES string of the molecule is CN(Cc1nc2ccccc2[nH]1)C(=O)CCC(=O)N1CCc2sccc2C1. The van der Waals surface area contributed by atoms with Crippen LogP contribution in [0.15, 0.2) is 35.7 Å². The smallest absolute Gasteiger partial charge is 0.223 e. The van der Waals surface area contributed by atoms with Gasteiger partial charge >= 0.3 is 0 Å². The molecule has 3 heterocycles. The van der Waals surface area contributed by atoms with E-state index >= 15 is 0 Å². The van der Waals surface area contributed by atoms with Crippen LogP contribution >= 0.6 is 11.3 Å². The molecule has 0 atom stereocenters. The van der Waals surface area contributed by atoms with E-state index in [2.05, 4.69) is 21.4 Å². The maximum atomic E-state index is 12.5. The van der Waals surface area contributed by atoms with E-state index in [0.29, 0.717) is 13.1 Å². The molecule has 0 radical (unpaired) electrons. The third kappa shape index (κ3) is 3.88. The lowest BCUT2D eigenvalue weighted by Gasteiger charge is -2.27. The topological polar surface area (TPSA) is 69.3 Å². The van der Waals surface area contributed by atoms with Crippen LogP contribution < -0.4 is 0 Å². The molecule has 2 aromatic heterocycles. The molecule has 0 fully saturated rings. The molecule has 1 aliphatic heterocycles. The average molecular weight is 382 g/mol. The first-order chi connectivity index (χ1) is 13.1. The van der Waals surface area contributed by atoms with E-state index in [1.165, 1.54) is 10.4 Å². The van der Waals surface area contributed by atoms with Crippen LogP contribution in [0.3, 0.4) is 0 Å². The number of rotatable bonds is 5. The van der Waals surface area contributed by atoms with Crippen molar-refractivity contribution < 1.29 is 9.59 Å². The summed E-state index contributed by atoms with van der Waals surface area (Å²) >= 11 is 1.76. The number of benzene rings is 1. The Morgan fingerprint density at radius 3 is 2.96 bits per heavy atom. The third-order valence-electron chi connectivity index (χ3n) is 4.96. The lowest BCUT2D eigenvalue weighted by molar-refractivity contribution is -0.137. The van der Waals surface area contributed by atoms with Gasteiger partial charge in [0.2, 0.25) is 11.8 Å². The van der Waals surface area contributed by atoms with Gasteiger partial charge in [-0.2, -0.15) is 0 Å². The Kier molecular flexibility index (Phi) is 4.94. The number of thiophene rings is 1. The predicted molar refractivity (Wildman–Crippen MR) is 105 cm³/mol. The Hall–Kier alpha value is -2.67. The van der Waals surface area contributed by atoms with Crippen molar-refractivity contribution in [2.75, 3.05) is 13.6 Å². The van der Waals surface area contributed by atoms with E-state index in [0.717, 1.165) is 29.8 Å². The lowest BCUT2D eigenvalue weighted by Crippen LogP contribution is -2.36. The lowest BCUT2D eigenvalue weighted by atomic mass is 10.1. The first-order valence-electron chi connectivity index (χ1n) is 9.11. The van der Waals surface area contributed by atoms with Gasteiger partial charge in [-0.1, -0.05) is 12.1 Å². The van der Waals surface area contributed by atoms with Gasteiger partial charge in [0.25, 0.3) is 0 Å². The van der Waals surface area contributed by atoms with Gasteiger partial charge in [-0.15, -0.1) is 11.3 Å². The molecule has 0 bridgehead atoms. The molecule has 140 valence electrons. The van der Waals surface area contributed by atoms with Crippen molar-refractivity contribution >= 4 is 34.2 Å². The summed E-state index contributed by atoms with van der Waals surface area (Å²) in [5, 5.41) is 2.08. The maximum Gasteiger partial charge on any atom is 0.223 e. The normalized spacial score (nSPS) is 13.6. The highest BCUT2D eigenvalue weighted by atomic mass is 32.1.